The Morgan fingerprint density at radius 1 is 1.20 bits per heavy atom. The maximum absolute atomic E-state index is 13.6. The van der Waals surface area contributed by atoms with Crippen LogP contribution in [-0.2, 0) is 6.54 Å². The summed E-state index contributed by atoms with van der Waals surface area (Å²) >= 11 is 0. The Morgan fingerprint density at radius 3 is 2.80 bits per heavy atom. The van der Waals surface area contributed by atoms with Crippen LogP contribution in [-0.4, -0.2) is 14.8 Å². The molecule has 0 unspecified atom stereocenters. The lowest BCUT2D eigenvalue weighted by atomic mass is 10.2. The van der Waals surface area contributed by atoms with E-state index < -0.39 is 5.76 Å². The lowest BCUT2D eigenvalue weighted by molar-refractivity contribution is 0.490. The summed E-state index contributed by atoms with van der Waals surface area (Å²) in [7, 11) is 0. The number of aromatic nitrogens is 3. The van der Waals surface area contributed by atoms with E-state index in [2.05, 4.69) is 10.1 Å². The molecule has 0 aliphatic carbocycles. The van der Waals surface area contributed by atoms with Gasteiger partial charge in [-0.25, -0.2) is 9.18 Å². The first kappa shape index (κ1) is 12.3. The molecule has 0 amide bonds. The quantitative estimate of drug-likeness (QED) is 0.731. The number of hydrogen-bond donors (Lipinski definition) is 0. The minimum Gasteiger partial charge on any atom is -0.388 e. The normalized spacial score (nSPS) is 10.7. The minimum absolute atomic E-state index is 0.0231. The van der Waals surface area contributed by atoms with Gasteiger partial charge < -0.3 is 4.42 Å². The zero-order valence-electron chi connectivity index (χ0n) is 10.4. The molecule has 2 aromatic heterocycles. The lowest BCUT2D eigenvalue weighted by Crippen LogP contribution is -2.17. The number of halogens is 1. The van der Waals surface area contributed by atoms with Gasteiger partial charge in [0, 0.05) is 18.0 Å². The average molecular weight is 271 g/mol. The minimum atomic E-state index is -0.632. The van der Waals surface area contributed by atoms with Crippen molar-refractivity contribution in [2.45, 2.75) is 6.54 Å². The summed E-state index contributed by atoms with van der Waals surface area (Å²) in [4.78, 5) is 15.6. The molecule has 20 heavy (non-hydrogen) atoms. The molecule has 0 saturated carbocycles. The highest BCUT2D eigenvalue weighted by Gasteiger charge is 2.12. The van der Waals surface area contributed by atoms with Crippen LogP contribution in [0.5, 0.6) is 0 Å². The van der Waals surface area contributed by atoms with Crippen LogP contribution in [0.3, 0.4) is 0 Å². The van der Waals surface area contributed by atoms with Gasteiger partial charge in [0.2, 0.25) is 0 Å². The second kappa shape index (κ2) is 5.08. The summed E-state index contributed by atoms with van der Waals surface area (Å²) in [6.45, 7) is 0.0231. The summed E-state index contributed by atoms with van der Waals surface area (Å²) < 4.78 is 19.7. The molecule has 100 valence electrons. The first-order valence-electron chi connectivity index (χ1n) is 5.96. The van der Waals surface area contributed by atoms with E-state index in [0.29, 0.717) is 11.1 Å². The SMILES string of the molecule is O=c1oc(-c2cccnc2)nn1Cc1ccccc1F. The maximum atomic E-state index is 13.6. The fraction of sp³-hybridized carbons (Fsp3) is 0.0714. The van der Waals surface area contributed by atoms with Gasteiger partial charge in [0.05, 0.1) is 12.1 Å². The molecule has 1 aromatic carbocycles. The average Bonchev–Trinajstić information content (AvgIpc) is 2.84. The molecule has 5 nitrogen and oxygen atoms in total. The number of hydrogen-bond acceptors (Lipinski definition) is 4. The van der Waals surface area contributed by atoms with Crippen LogP contribution in [0.2, 0.25) is 0 Å². The van der Waals surface area contributed by atoms with E-state index in [9.17, 15) is 9.18 Å². The Morgan fingerprint density at radius 2 is 2.05 bits per heavy atom. The monoisotopic (exact) mass is 271 g/mol. The molecule has 3 rings (SSSR count). The predicted octanol–water partition coefficient (Wildman–Crippen LogP) is 2.09. The Balaban J connectivity index is 1.95. The van der Waals surface area contributed by atoms with E-state index in [-0.39, 0.29) is 18.3 Å². The van der Waals surface area contributed by atoms with E-state index >= 15 is 0 Å². The van der Waals surface area contributed by atoms with Crippen LogP contribution in [0.1, 0.15) is 5.56 Å². The molecule has 0 aliphatic heterocycles. The number of nitrogens with zero attached hydrogens (tertiary/aromatic N) is 3. The van der Waals surface area contributed by atoms with Gasteiger partial charge in [-0.1, -0.05) is 18.2 Å². The van der Waals surface area contributed by atoms with E-state index in [4.69, 9.17) is 4.42 Å². The van der Waals surface area contributed by atoms with Gasteiger partial charge in [-0.3, -0.25) is 4.98 Å². The van der Waals surface area contributed by atoms with Crippen LogP contribution >= 0.6 is 0 Å². The van der Waals surface area contributed by atoms with Crippen LogP contribution in [0.15, 0.2) is 58.0 Å². The van der Waals surface area contributed by atoms with Gasteiger partial charge in [0.25, 0.3) is 5.89 Å². The Labute approximate surface area is 113 Å². The Hall–Kier alpha value is -2.76. The van der Waals surface area contributed by atoms with Crippen molar-refractivity contribution in [3.05, 3.63) is 70.7 Å². The molecular weight excluding hydrogens is 261 g/mol. The smallest absolute Gasteiger partial charge is 0.388 e. The van der Waals surface area contributed by atoms with Gasteiger partial charge in [0.15, 0.2) is 0 Å². The summed E-state index contributed by atoms with van der Waals surface area (Å²) in [5.74, 6) is -0.850. The van der Waals surface area contributed by atoms with Crippen LogP contribution in [0, 0.1) is 5.82 Å². The predicted molar refractivity (Wildman–Crippen MR) is 69.5 cm³/mol. The highest BCUT2D eigenvalue weighted by molar-refractivity contribution is 5.49. The number of rotatable bonds is 3. The van der Waals surface area contributed by atoms with Crippen molar-refractivity contribution in [1.82, 2.24) is 14.8 Å². The van der Waals surface area contributed by atoms with Crippen LogP contribution in [0.4, 0.5) is 4.39 Å². The molecule has 0 fully saturated rings. The van der Waals surface area contributed by atoms with Crippen molar-refractivity contribution in [2.24, 2.45) is 0 Å². The zero-order valence-corrected chi connectivity index (χ0v) is 10.4. The Kier molecular flexibility index (Phi) is 3.12. The van der Waals surface area contributed by atoms with Crippen molar-refractivity contribution in [2.75, 3.05) is 0 Å². The van der Waals surface area contributed by atoms with Crippen molar-refractivity contribution >= 4 is 0 Å². The third kappa shape index (κ3) is 2.35. The highest BCUT2D eigenvalue weighted by Crippen LogP contribution is 2.13. The first-order chi connectivity index (χ1) is 9.74. The van der Waals surface area contributed by atoms with E-state index in [1.807, 2.05) is 0 Å². The summed E-state index contributed by atoms with van der Waals surface area (Å²) in [6.07, 6.45) is 3.15. The molecule has 6 heteroatoms. The molecule has 2 heterocycles. The molecule has 3 aromatic rings. The van der Waals surface area contributed by atoms with Crippen molar-refractivity contribution in [3.63, 3.8) is 0 Å². The van der Waals surface area contributed by atoms with E-state index in [1.165, 1.54) is 6.07 Å². The lowest BCUT2D eigenvalue weighted by Gasteiger charge is -2.00. The summed E-state index contributed by atoms with van der Waals surface area (Å²) in [5.41, 5.74) is 0.970. The zero-order chi connectivity index (χ0) is 13.9. The second-order valence-corrected chi connectivity index (χ2v) is 4.16. The highest BCUT2D eigenvalue weighted by atomic mass is 19.1. The molecule has 0 spiro atoms. The van der Waals surface area contributed by atoms with Gasteiger partial charge in [-0.15, -0.1) is 5.10 Å². The maximum Gasteiger partial charge on any atom is 0.437 e. The van der Waals surface area contributed by atoms with Gasteiger partial charge in [-0.2, -0.15) is 4.68 Å². The molecule has 0 aliphatic rings. The molecule has 0 atom stereocenters. The number of pyridine rings is 1. The third-order valence-electron chi connectivity index (χ3n) is 2.79. The fourth-order valence-corrected chi connectivity index (χ4v) is 1.80. The largest absolute Gasteiger partial charge is 0.437 e. The van der Waals surface area contributed by atoms with Crippen LogP contribution < -0.4 is 5.76 Å². The number of benzene rings is 1. The van der Waals surface area contributed by atoms with Gasteiger partial charge in [-0.05, 0) is 18.2 Å². The third-order valence-corrected chi connectivity index (χ3v) is 2.79. The standard InChI is InChI=1S/C14H10FN3O2/c15-12-6-2-1-4-11(12)9-18-14(19)20-13(17-18)10-5-3-7-16-8-10/h1-8H,9H2. The fourth-order valence-electron chi connectivity index (χ4n) is 1.80. The summed E-state index contributed by atoms with van der Waals surface area (Å²) in [5, 5.41) is 4.05. The summed E-state index contributed by atoms with van der Waals surface area (Å²) in [6, 6.07) is 9.66. The molecule has 0 N–H and O–H groups in total. The van der Waals surface area contributed by atoms with Crippen molar-refractivity contribution < 1.29 is 8.81 Å². The van der Waals surface area contributed by atoms with E-state index in [0.717, 1.165) is 4.68 Å². The molecule has 0 saturated heterocycles. The first-order valence-corrected chi connectivity index (χ1v) is 5.96. The molecular formula is C14H10FN3O2. The van der Waals surface area contributed by atoms with Crippen molar-refractivity contribution in [3.8, 4) is 11.5 Å². The second-order valence-electron chi connectivity index (χ2n) is 4.16. The van der Waals surface area contributed by atoms with Gasteiger partial charge >= 0.3 is 5.76 Å². The van der Waals surface area contributed by atoms with Gasteiger partial charge in [0.1, 0.15) is 5.82 Å². The Bertz CT molecular complexity index is 780. The van der Waals surface area contributed by atoms with E-state index in [1.54, 1.807) is 42.7 Å². The molecule has 0 bridgehead atoms. The van der Waals surface area contributed by atoms with Crippen LogP contribution in [0.25, 0.3) is 11.5 Å². The topological polar surface area (TPSA) is 60.9 Å². The molecule has 0 radical (unpaired) electrons. The van der Waals surface area contributed by atoms with Crippen molar-refractivity contribution in [1.29, 1.82) is 0 Å².